The molecule has 112 valence electrons. The molecule has 0 radical (unpaired) electrons. The maximum atomic E-state index is 12.2. The fraction of sp³-hybridized carbons (Fsp3) is 0.533. The highest BCUT2D eigenvalue weighted by atomic mass is 35.5. The van der Waals surface area contributed by atoms with Crippen molar-refractivity contribution >= 4 is 29.3 Å². The number of hydrogen-bond donors (Lipinski definition) is 2. The molecule has 0 aliphatic heterocycles. The Morgan fingerprint density at radius 3 is 2.70 bits per heavy atom. The molecule has 0 heterocycles. The SMILES string of the molecule is CSc1ccc(Cl)c(C(=O)NCC(C)(O)CC(C)C)c1. The molecule has 0 aliphatic rings. The van der Waals surface area contributed by atoms with Crippen molar-refractivity contribution in [1.82, 2.24) is 5.32 Å². The van der Waals surface area contributed by atoms with E-state index in [2.05, 4.69) is 5.32 Å². The molecular formula is C15H22ClNO2S. The molecule has 20 heavy (non-hydrogen) atoms. The number of rotatable bonds is 6. The van der Waals surface area contributed by atoms with Gasteiger partial charge in [-0.05, 0) is 43.7 Å². The van der Waals surface area contributed by atoms with Gasteiger partial charge in [-0.1, -0.05) is 25.4 Å². The van der Waals surface area contributed by atoms with Crippen molar-refractivity contribution in [3.63, 3.8) is 0 Å². The number of aliphatic hydroxyl groups is 1. The van der Waals surface area contributed by atoms with Crippen LogP contribution in [-0.4, -0.2) is 29.4 Å². The topological polar surface area (TPSA) is 49.3 Å². The van der Waals surface area contributed by atoms with E-state index >= 15 is 0 Å². The summed E-state index contributed by atoms with van der Waals surface area (Å²) in [5.41, 5.74) is -0.466. The van der Waals surface area contributed by atoms with Crippen molar-refractivity contribution in [3.8, 4) is 0 Å². The smallest absolute Gasteiger partial charge is 0.252 e. The Morgan fingerprint density at radius 1 is 1.50 bits per heavy atom. The minimum atomic E-state index is -0.909. The second-order valence-corrected chi connectivity index (χ2v) is 6.91. The first-order chi connectivity index (χ1) is 9.25. The summed E-state index contributed by atoms with van der Waals surface area (Å²) in [7, 11) is 0. The Balaban J connectivity index is 2.72. The summed E-state index contributed by atoms with van der Waals surface area (Å²) in [5.74, 6) is 0.111. The third-order valence-electron chi connectivity index (χ3n) is 2.90. The van der Waals surface area contributed by atoms with Crippen LogP contribution in [0, 0.1) is 5.92 Å². The Kier molecular flexibility index (Phi) is 6.37. The van der Waals surface area contributed by atoms with Crippen LogP contribution in [0.25, 0.3) is 0 Å². The zero-order chi connectivity index (χ0) is 15.3. The molecule has 5 heteroatoms. The maximum absolute atomic E-state index is 12.2. The monoisotopic (exact) mass is 315 g/mol. The van der Waals surface area contributed by atoms with Gasteiger partial charge in [-0.25, -0.2) is 0 Å². The summed E-state index contributed by atoms with van der Waals surface area (Å²) in [4.78, 5) is 13.1. The summed E-state index contributed by atoms with van der Waals surface area (Å²) in [6.45, 7) is 6.02. The number of amides is 1. The number of carbonyl (C=O) groups excluding carboxylic acids is 1. The molecule has 0 saturated heterocycles. The highest BCUT2D eigenvalue weighted by Gasteiger charge is 2.23. The van der Waals surface area contributed by atoms with Crippen LogP contribution < -0.4 is 5.32 Å². The van der Waals surface area contributed by atoms with E-state index in [1.54, 1.807) is 30.8 Å². The van der Waals surface area contributed by atoms with Crippen molar-refractivity contribution in [1.29, 1.82) is 0 Å². The lowest BCUT2D eigenvalue weighted by Crippen LogP contribution is -2.41. The third kappa shape index (κ3) is 5.35. The number of nitrogens with one attached hydrogen (secondary N) is 1. The normalized spacial score (nSPS) is 14.2. The van der Waals surface area contributed by atoms with Crippen LogP contribution >= 0.6 is 23.4 Å². The molecule has 1 aromatic rings. The first-order valence-electron chi connectivity index (χ1n) is 6.59. The molecule has 1 atom stereocenters. The van der Waals surface area contributed by atoms with Gasteiger partial charge in [-0.3, -0.25) is 4.79 Å². The molecule has 0 fully saturated rings. The fourth-order valence-corrected chi connectivity index (χ4v) is 2.77. The average molecular weight is 316 g/mol. The van der Waals surface area contributed by atoms with Crippen molar-refractivity contribution in [2.24, 2.45) is 5.92 Å². The van der Waals surface area contributed by atoms with E-state index in [9.17, 15) is 9.90 Å². The molecule has 0 spiro atoms. The number of carbonyl (C=O) groups is 1. The van der Waals surface area contributed by atoms with Crippen molar-refractivity contribution in [2.75, 3.05) is 12.8 Å². The van der Waals surface area contributed by atoms with Crippen LogP contribution in [0.1, 0.15) is 37.6 Å². The Morgan fingerprint density at radius 2 is 2.15 bits per heavy atom. The van der Waals surface area contributed by atoms with Crippen LogP contribution in [-0.2, 0) is 0 Å². The number of hydrogen-bond acceptors (Lipinski definition) is 3. The number of thioether (sulfide) groups is 1. The Labute approximate surface area is 130 Å². The van der Waals surface area contributed by atoms with E-state index in [0.29, 0.717) is 22.9 Å². The van der Waals surface area contributed by atoms with Crippen LogP contribution in [0.2, 0.25) is 5.02 Å². The van der Waals surface area contributed by atoms with E-state index in [0.717, 1.165) is 4.90 Å². The predicted octanol–water partition coefficient (Wildman–Crippen LogP) is 3.59. The quantitative estimate of drug-likeness (QED) is 0.789. The second kappa shape index (κ2) is 7.34. The summed E-state index contributed by atoms with van der Waals surface area (Å²) in [6.07, 6.45) is 2.57. The second-order valence-electron chi connectivity index (χ2n) is 5.62. The van der Waals surface area contributed by atoms with Gasteiger partial charge < -0.3 is 10.4 Å². The zero-order valence-electron chi connectivity index (χ0n) is 12.4. The van der Waals surface area contributed by atoms with Gasteiger partial charge in [0.15, 0.2) is 0 Å². The van der Waals surface area contributed by atoms with E-state index < -0.39 is 5.60 Å². The molecule has 0 aliphatic carbocycles. The molecule has 0 saturated carbocycles. The largest absolute Gasteiger partial charge is 0.388 e. The molecule has 1 rings (SSSR count). The van der Waals surface area contributed by atoms with Gasteiger partial charge in [0, 0.05) is 11.4 Å². The average Bonchev–Trinajstić information content (AvgIpc) is 2.35. The van der Waals surface area contributed by atoms with Crippen LogP contribution in [0.4, 0.5) is 0 Å². The Hall–Kier alpha value is -0.710. The standard InChI is InChI=1S/C15H22ClNO2S/c1-10(2)8-15(3,19)9-17-14(18)12-7-11(20-4)5-6-13(12)16/h5-7,10,19H,8-9H2,1-4H3,(H,17,18). The summed E-state index contributed by atoms with van der Waals surface area (Å²) in [6, 6.07) is 5.35. The minimum Gasteiger partial charge on any atom is -0.388 e. The Bertz CT molecular complexity index is 475. The maximum Gasteiger partial charge on any atom is 0.252 e. The zero-order valence-corrected chi connectivity index (χ0v) is 13.9. The summed E-state index contributed by atoms with van der Waals surface area (Å²) in [5, 5.41) is 13.4. The lowest BCUT2D eigenvalue weighted by atomic mass is 9.94. The minimum absolute atomic E-state index is 0.212. The molecule has 2 N–H and O–H groups in total. The van der Waals surface area contributed by atoms with Gasteiger partial charge in [0.2, 0.25) is 0 Å². The van der Waals surface area contributed by atoms with Gasteiger partial charge in [0.1, 0.15) is 0 Å². The van der Waals surface area contributed by atoms with E-state index in [-0.39, 0.29) is 12.5 Å². The predicted molar refractivity (Wildman–Crippen MR) is 85.6 cm³/mol. The molecule has 0 aromatic heterocycles. The number of halogens is 1. The van der Waals surface area contributed by atoms with Gasteiger partial charge >= 0.3 is 0 Å². The molecule has 3 nitrogen and oxygen atoms in total. The van der Waals surface area contributed by atoms with Crippen LogP contribution in [0.5, 0.6) is 0 Å². The molecular weight excluding hydrogens is 294 g/mol. The molecule has 1 aromatic carbocycles. The first kappa shape index (κ1) is 17.3. The van der Waals surface area contributed by atoms with Crippen LogP contribution in [0.3, 0.4) is 0 Å². The van der Waals surface area contributed by atoms with Crippen LogP contribution in [0.15, 0.2) is 23.1 Å². The van der Waals surface area contributed by atoms with Crippen molar-refractivity contribution in [3.05, 3.63) is 28.8 Å². The van der Waals surface area contributed by atoms with E-state index in [4.69, 9.17) is 11.6 Å². The van der Waals surface area contributed by atoms with Crippen molar-refractivity contribution in [2.45, 2.75) is 37.7 Å². The van der Waals surface area contributed by atoms with Gasteiger partial charge in [-0.2, -0.15) is 0 Å². The van der Waals surface area contributed by atoms with E-state index in [1.165, 1.54) is 0 Å². The lowest BCUT2D eigenvalue weighted by molar-refractivity contribution is 0.0368. The molecule has 1 amide bonds. The summed E-state index contributed by atoms with van der Waals surface area (Å²) < 4.78 is 0. The lowest BCUT2D eigenvalue weighted by Gasteiger charge is -2.25. The van der Waals surface area contributed by atoms with Gasteiger partial charge in [0.05, 0.1) is 16.2 Å². The summed E-state index contributed by atoms with van der Waals surface area (Å²) >= 11 is 7.60. The van der Waals surface area contributed by atoms with E-state index in [1.807, 2.05) is 26.2 Å². The highest BCUT2D eigenvalue weighted by molar-refractivity contribution is 7.98. The van der Waals surface area contributed by atoms with Gasteiger partial charge in [0.25, 0.3) is 5.91 Å². The highest BCUT2D eigenvalue weighted by Crippen LogP contribution is 2.23. The molecule has 0 bridgehead atoms. The fourth-order valence-electron chi connectivity index (χ4n) is 2.12. The molecule has 1 unspecified atom stereocenters. The third-order valence-corrected chi connectivity index (χ3v) is 3.95. The van der Waals surface area contributed by atoms with Crippen molar-refractivity contribution < 1.29 is 9.90 Å². The first-order valence-corrected chi connectivity index (χ1v) is 8.19. The number of benzene rings is 1. The van der Waals surface area contributed by atoms with Gasteiger partial charge in [-0.15, -0.1) is 11.8 Å².